The molecule has 6 heteroatoms. The third-order valence-corrected chi connectivity index (χ3v) is 5.60. The molecular formula is C21H19N3O2S. The molecule has 2 aromatic heterocycles. The summed E-state index contributed by atoms with van der Waals surface area (Å²) in [7, 11) is 3.66. The Balaban J connectivity index is 1.66. The van der Waals surface area contributed by atoms with Crippen LogP contribution in [-0.2, 0) is 7.05 Å². The molecule has 0 fully saturated rings. The lowest BCUT2D eigenvalue weighted by Gasteiger charge is -2.20. The van der Waals surface area contributed by atoms with Gasteiger partial charge in [0.05, 0.1) is 16.3 Å². The Kier molecular flexibility index (Phi) is 4.41. The molecular weight excluding hydrogens is 358 g/mol. The van der Waals surface area contributed by atoms with Gasteiger partial charge < -0.3 is 9.64 Å². The molecule has 0 bridgehead atoms. The van der Waals surface area contributed by atoms with E-state index in [0.29, 0.717) is 10.6 Å². The van der Waals surface area contributed by atoms with Crippen LogP contribution in [0.1, 0.15) is 15.4 Å². The molecule has 0 aliphatic heterocycles. The number of aromatic nitrogens is 2. The SMILES string of the molecule is Cc1nn(C)c2sc(C(=O)N(C)c3ccccc3Oc3ccccc3)cc12. The van der Waals surface area contributed by atoms with E-state index >= 15 is 0 Å². The molecule has 0 unspecified atom stereocenters. The number of anilines is 1. The maximum atomic E-state index is 13.1. The van der Waals surface area contributed by atoms with Gasteiger partial charge in [-0.05, 0) is 37.3 Å². The van der Waals surface area contributed by atoms with Crippen molar-refractivity contribution in [2.45, 2.75) is 6.92 Å². The van der Waals surface area contributed by atoms with E-state index in [4.69, 9.17) is 4.74 Å². The van der Waals surface area contributed by atoms with Crippen LogP contribution < -0.4 is 9.64 Å². The topological polar surface area (TPSA) is 47.4 Å². The van der Waals surface area contributed by atoms with Crippen molar-refractivity contribution in [1.82, 2.24) is 9.78 Å². The van der Waals surface area contributed by atoms with Crippen LogP contribution in [-0.4, -0.2) is 22.7 Å². The van der Waals surface area contributed by atoms with E-state index in [1.165, 1.54) is 11.3 Å². The van der Waals surface area contributed by atoms with Crippen molar-refractivity contribution in [2.75, 3.05) is 11.9 Å². The van der Waals surface area contributed by atoms with Crippen LogP contribution in [0.25, 0.3) is 10.2 Å². The fraction of sp³-hybridized carbons (Fsp3) is 0.143. The number of carbonyl (C=O) groups is 1. The van der Waals surface area contributed by atoms with E-state index in [1.54, 1.807) is 11.9 Å². The Labute approximate surface area is 161 Å². The standard InChI is InChI=1S/C21H19N3O2S/c1-14-16-13-19(27-21(16)24(3)22-14)20(25)23(2)17-11-7-8-12-18(17)26-15-9-5-4-6-10-15/h4-13H,1-3H3. The van der Waals surface area contributed by atoms with Crippen molar-refractivity contribution < 1.29 is 9.53 Å². The summed E-state index contributed by atoms with van der Waals surface area (Å²) in [6.07, 6.45) is 0. The van der Waals surface area contributed by atoms with Crippen LogP contribution in [0, 0.1) is 6.92 Å². The van der Waals surface area contributed by atoms with Crippen molar-refractivity contribution in [3.8, 4) is 11.5 Å². The number of amides is 1. The molecule has 0 atom stereocenters. The number of nitrogens with zero attached hydrogens (tertiary/aromatic N) is 3. The van der Waals surface area contributed by atoms with Gasteiger partial charge in [0.15, 0.2) is 5.75 Å². The molecule has 0 aliphatic rings. The first-order valence-corrected chi connectivity index (χ1v) is 9.39. The monoisotopic (exact) mass is 377 g/mol. The number of para-hydroxylation sites is 3. The average molecular weight is 377 g/mol. The molecule has 0 radical (unpaired) electrons. The number of rotatable bonds is 4. The predicted octanol–water partition coefficient (Wildman–Crippen LogP) is 5.01. The van der Waals surface area contributed by atoms with Crippen molar-refractivity contribution in [3.63, 3.8) is 0 Å². The molecule has 0 saturated heterocycles. The van der Waals surface area contributed by atoms with Gasteiger partial charge in [-0.25, -0.2) is 0 Å². The zero-order valence-electron chi connectivity index (χ0n) is 15.3. The summed E-state index contributed by atoms with van der Waals surface area (Å²) in [5.74, 6) is 1.30. The Morgan fingerprint density at radius 3 is 2.56 bits per heavy atom. The number of ether oxygens (including phenoxy) is 1. The zero-order valence-corrected chi connectivity index (χ0v) is 16.2. The highest BCUT2D eigenvalue weighted by Gasteiger charge is 2.21. The van der Waals surface area contributed by atoms with Crippen LogP contribution in [0.3, 0.4) is 0 Å². The lowest BCUT2D eigenvalue weighted by Crippen LogP contribution is -2.25. The van der Waals surface area contributed by atoms with Crippen molar-refractivity contribution >= 4 is 33.1 Å². The van der Waals surface area contributed by atoms with Crippen LogP contribution in [0.2, 0.25) is 0 Å². The van der Waals surface area contributed by atoms with Gasteiger partial charge in [0.2, 0.25) is 0 Å². The van der Waals surface area contributed by atoms with Gasteiger partial charge in [-0.15, -0.1) is 11.3 Å². The van der Waals surface area contributed by atoms with E-state index in [-0.39, 0.29) is 5.91 Å². The van der Waals surface area contributed by atoms with Gasteiger partial charge >= 0.3 is 0 Å². The minimum Gasteiger partial charge on any atom is -0.455 e. The summed E-state index contributed by atoms with van der Waals surface area (Å²) in [5, 5.41) is 5.42. The van der Waals surface area contributed by atoms with Crippen LogP contribution in [0.15, 0.2) is 60.7 Å². The Hall–Kier alpha value is -3.12. The van der Waals surface area contributed by atoms with Gasteiger partial charge in [0.1, 0.15) is 10.6 Å². The summed E-state index contributed by atoms with van der Waals surface area (Å²) in [6.45, 7) is 1.95. The minimum atomic E-state index is -0.0697. The second-order valence-electron chi connectivity index (χ2n) is 6.29. The number of thiophene rings is 1. The van der Waals surface area contributed by atoms with E-state index in [9.17, 15) is 4.79 Å². The molecule has 0 aliphatic carbocycles. The highest BCUT2D eigenvalue weighted by Crippen LogP contribution is 2.34. The van der Waals surface area contributed by atoms with Gasteiger partial charge in [-0.3, -0.25) is 9.48 Å². The number of carbonyl (C=O) groups excluding carboxylic acids is 1. The van der Waals surface area contributed by atoms with E-state index in [2.05, 4.69) is 5.10 Å². The van der Waals surface area contributed by atoms with Crippen LogP contribution in [0.4, 0.5) is 5.69 Å². The fourth-order valence-electron chi connectivity index (χ4n) is 3.02. The molecule has 0 spiro atoms. The summed E-state index contributed by atoms with van der Waals surface area (Å²) in [6, 6.07) is 19.0. The highest BCUT2D eigenvalue weighted by atomic mass is 32.1. The van der Waals surface area contributed by atoms with E-state index in [1.807, 2.05) is 79.3 Å². The summed E-state index contributed by atoms with van der Waals surface area (Å²) in [5.41, 5.74) is 1.65. The molecule has 5 nitrogen and oxygen atoms in total. The minimum absolute atomic E-state index is 0.0697. The van der Waals surface area contributed by atoms with Crippen LogP contribution >= 0.6 is 11.3 Å². The third kappa shape index (κ3) is 3.19. The second kappa shape index (κ2) is 6.89. The zero-order chi connectivity index (χ0) is 19.0. The molecule has 4 aromatic rings. The molecule has 0 N–H and O–H groups in total. The molecule has 27 heavy (non-hydrogen) atoms. The Bertz CT molecular complexity index is 1080. The highest BCUT2D eigenvalue weighted by molar-refractivity contribution is 7.20. The van der Waals surface area contributed by atoms with Crippen molar-refractivity contribution in [3.05, 3.63) is 71.2 Å². The van der Waals surface area contributed by atoms with Gasteiger partial charge in [-0.1, -0.05) is 30.3 Å². The number of hydrogen-bond acceptors (Lipinski definition) is 4. The smallest absolute Gasteiger partial charge is 0.268 e. The second-order valence-corrected chi connectivity index (χ2v) is 7.32. The fourth-order valence-corrected chi connectivity index (χ4v) is 4.12. The Morgan fingerprint density at radius 1 is 1.11 bits per heavy atom. The van der Waals surface area contributed by atoms with Crippen molar-refractivity contribution in [2.24, 2.45) is 7.05 Å². The van der Waals surface area contributed by atoms with Gasteiger partial charge in [0, 0.05) is 19.5 Å². The summed E-state index contributed by atoms with van der Waals surface area (Å²) in [4.78, 5) is 16.4. The van der Waals surface area contributed by atoms with Crippen molar-refractivity contribution in [1.29, 1.82) is 0 Å². The average Bonchev–Trinajstić information content (AvgIpc) is 3.23. The van der Waals surface area contributed by atoms with E-state index in [0.717, 1.165) is 27.3 Å². The number of hydrogen-bond donors (Lipinski definition) is 0. The molecule has 136 valence electrons. The maximum Gasteiger partial charge on any atom is 0.268 e. The molecule has 4 rings (SSSR count). The quantitative estimate of drug-likeness (QED) is 0.502. The largest absolute Gasteiger partial charge is 0.455 e. The third-order valence-electron chi connectivity index (χ3n) is 4.41. The number of aryl methyl sites for hydroxylation is 2. The molecule has 0 saturated carbocycles. The van der Waals surface area contributed by atoms with Gasteiger partial charge in [-0.2, -0.15) is 5.10 Å². The lowest BCUT2D eigenvalue weighted by atomic mass is 10.2. The molecule has 2 aromatic carbocycles. The summed E-state index contributed by atoms with van der Waals surface area (Å²) < 4.78 is 7.81. The number of fused-ring (bicyclic) bond motifs is 1. The molecule has 2 heterocycles. The maximum absolute atomic E-state index is 13.1. The first kappa shape index (κ1) is 17.3. The number of benzene rings is 2. The first-order chi connectivity index (χ1) is 13.0. The Morgan fingerprint density at radius 2 is 1.81 bits per heavy atom. The first-order valence-electron chi connectivity index (χ1n) is 8.57. The normalized spacial score (nSPS) is 10.9. The lowest BCUT2D eigenvalue weighted by molar-refractivity contribution is 0.0996. The van der Waals surface area contributed by atoms with Crippen LogP contribution in [0.5, 0.6) is 11.5 Å². The molecule has 1 amide bonds. The van der Waals surface area contributed by atoms with E-state index < -0.39 is 0 Å². The van der Waals surface area contributed by atoms with Gasteiger partial charge in [0.25, 0.3) is 5.91 Å². The summed E-state index contributed by atoms with van der Waals surface area (Å²) >= 11 is 1.45. The predicted molar refractivity (Wildman–Crippen MR) is 109 cm³/mol.